The number of benzene rings is 3. The van der Waals surface area contributed by atoms with Crippen molar-refractivity contribution in [2.24, 2.45) is 0 Å². The first kappa shape index (κ1) is 25.9. The second-order valence-corrected chi connectivity index (χ2v) is 9.88. The number of nitrogens with zero attached hydrogens (tertiary/aromatic N) is 1. The fourth-order valence-electron chi connectivity index (χ4n) is 4.93. The van der Waals surface area contributed by atoms with Crippen LogP contribution < -0.4 is 14.9 Å². The van der Waals surface area contributed by atoms with Gasteiger partial charge in [-0.15, -0.1) is 0 Å². The number of amides is 1. The third kappa shape index (κ3) is 5.14. The van der Waals surface area contributed by atoms with Crippen molar-refractivity contribution in [3.8, 4) is 11.5 Å². The number of unbranched alkanes of at least 4 members (excludes halogenated alkanes) is 2. The summed E-state index contributed by atoms with van der Waals surface area (Å²) in [5, 5.41) is 0.794. The van der Waals surface area contributed by atoms with Crippen LogP contribution in [0.4, 0.5) is 0 Å². The number of fused-ring (bicyclic) bond motifs is 2. The zero-order valence-electron chi connectivity index (χ0n) is 21.5. The van der Waals surface area contributed by atoms with Crippen molar-refractivity contribution in [3.05, 3.63) is 104 Å². The molecule has 1 amide bonds. The van der Waals surface area contributed by atoms with E-state index >= 15 is 0 Å². The highest BCUT2D eigenvalue weighted by atomic mass is 35.5. The molecule has 0 N–H and O–H groups in total. The minimum atomic E-state index is -0.602. The molecule has 7 heteroatoms. The van der Waals surface area contributed by atoms with E-state index in [9.17, 15) is 9.59 Å². The molecule has 0 saturated heterocycles. The molecular weight excluding hydrogens is 502 g/mol. The van der Waals surface area contributed by atoms with Gasteiger partial charge in [0.15, 0.2) is 5.43 Å². The van der Waals surface area contributed by atoms with Gasteiger partial charge in [0.1, 0.15) is 17.1 Å². The van der Waals surface area contributed by atoms with E-state index in [2.05, 4.69) is 6.92 Å². The van der Waals surface area contributed by atoms with Gasteiger partial charge in [-0.2, -0.15) is 0 Å². The molecule has 1 aromatic heterocycles. The second kappa shape index (κ2) is 11.3. The van der Waals surface area contributed by atoms with Gasteiger partial charge < -0.3 is 18.8 Å². The first-order valence-electron chi connectivity index (χ1n) is 12.9. The molecule has 0 spiro atoms. The van der Waals surface area contributed by atoms with Crippen LogP contribution in [0.25, 0.3) is 11.0 Å². The van der Waals surface area contributed by atoms with Crippen LogP contribution in [-0.4, -0.2) is 31.1 Å². The van der Waals surface area contributed by atoms with Gasteiger partial charge in [-0.1, -0.05) is 55.6 Å². The van der Waals surface area contributed by atoms with E-state index in [1.807, 2.05) is 48.5 Å². The average molecular weight is 532 g/mol. The monoisotopic (exact) mass is 531 g/mol. The number of carbonyl (C=O) groups excluding carboxylic acids is 1. The SMILES string of the molecule is CCCCCOc1cccc(C2c3c(oc4ccc(Cl)cc4c3=O)C(=O)N2CCc2ccc(OC)cc2)c1. The highest BCUT2D eigenvalue weighted by Crippen LogP contribution is 2.39. The van der Waals surface area contributed by atoms with Gasteiger partial charge in [0.2, 0.25) is 5.76 Å². The van der Waals surface area contributed by atoms with Crippen LogP contribution in [-0.2, 0) is 6.42 Å². The molecule has 0 aliphatic carbocycles. The van der Waals surface area contributed by atoms with Crippen LogP contribution >= 0.6 is 11.6 Å². The summed E-state index contributed by atoms with van der Waals surface area (Å²) in [7, 11) is 1.63. The van der Waals surface area contributed by atoms with E-state index in [-0.39, 0.29) is 17.1 Å². The van der Waals surface area contributed by atoms with Gasteiger partial charge in [-0.05, 0) is 66.4 Å². The maximum Gasteiger partial charge on any atom is 0.290 e. The fourth-order valence-corrected chi connectivity index (χ4v) is 5.10. The van der Waals surface area contributed by atoms with Gasteiger partial charge >= 0.3 is 0 Å². The minimum Gasteiger partial charge on any atom is -0.497 e. The number of ether oxygens (including phenoxy) is 2. The largest absolute Gasteiger partial charge is 0.497 e. The van der Waals surface area contributed by atoms with Crippen molar-refractivity contribution in [3.63, 3.8) is 0 Å². The predicted octanol–water partition coefficient (Wildman–Crippen LogP) is 6.81. The maximum atomic E-state index is 13.8. The highest BCUT2D eigenvalue weighted by Gasteiger charge is 2.42. The molecule has 5 rings (SSSR count). The van der Waals surface area contributed by atoms with Gasteiger partial charge in [0.05, 0.1) is 30.7 Å². The third-order valence-corrected chi connectivity index (χ3v) is 7.15. The number of methoxy groups -OCH3 is 1. The molecule has 38 heavy (non-hydrogen) atoms. The highest BCUT2D eigenvalue weighted by molar-refractivity contribution is 6.31. The van der Waals surface area contributed by atoms with Crippen molar-refractivity contribution in [1.82, 2.24) is 4.90 Å². The van der Waals surface area contributed by atoms with Crippen LogP contribution in [0.2, 0.25) is 5.02 Å². The van der Waals surface area contributed by atoms with Gasteiger partial charge in [0.25, 0.3) is 5.91 Å². The normalized spacial score (nSPS) is 14.7. The summed E-state index contributed by atoms with van der Waals surface area (Å²) < 4.78 is 17.3. The lowest BCUT2D eigenvalue weighted by atomic mass is 9.98. The summed E-state index contributed by atoms with van der Waals surface area (Å²) in [6.45, 7) is 3.17. The summed E-state index contributed by atoms with van der Waals surface area (Å²) >= 11 is 6.20. The molecule has 0 fully saturated rings. The average Bonchev–Trinajstić information content (AvgIpc) is 3.22. The molecule has 1 aliphatic rings. The third-order valence-electron chi connectivity index (χ3n) is 6.92. The Hall–Kier alpha value is -3.77. The topological polar surface area (TPSA) is 69.0 Å². The molecular formula is C31H30ClNO5. The Morgan fingerprint density at radius 2 is 1.79 bits per heavy atom. The molecule has 6 nitrogen and oxygen atoms in total. The number of halogens is 1. The molecule has 2 heterocycles. The van der Waals surface area contributed by atoms with E-state index in [1.165, 1.54) is 0 Å². The van der Waals surface area contributed by atoms with E-state index in [1.54, 1.807) is 30.2 Å². The van der Waals surface area contributed by atoms with E-state index < -0.39 is 6.04 Å². The zero-order valence-corrected chi connectivity index (χ0v) is 22.3. The van der Waals surface area contributed by atoms with Crippen molar-refractivity contribution in [1.29, 1.82) is 0 Å². The van der Waals surface area contributed by atoms with E-state index in [0.717, 1.165) is 36.1 Å². The molecule has 0 radical (unpaired) electrons. The summed E-state index contributed by atoms with van der Waals surface area (Å²) in [4.78, 5) is 29.2. The van der Waals surface area contributed by atoms with Crippen molar-refractivity contribution in [2.75, 3.05) is 20.3 Å². The molecule has 4 aromatic rings. The van der Waals surface area contributed by atoms with Crippen molar-refractivity contribution in [2.45, 2.75) is 38.6 Å². The summed E-state index contributed by atoms with van der Waals surface area (Å²) in [5.74, 6) is 1.26. The quantitative estimate of drug-likeness (QED) is 0.210. The fraction of sp³-hybridized carbons (Fsp3) is 0.290. The maximum absolute atomic E-state index is 13.8. The van der Waals surface area contributed by atoms with Crippen LogP contribution in [0.5, 0.6) is 11.5 Å². The second-order valence-electron chi connectivity index (χ2n) is 9.44. The Morgan fingerprint density at radius 1 is 0.974 bits per heavy atom. The molecule has 0 saturated carbocycles. The lowest BCUT2D eigenvalue weighted by Crippen LogP contribution is -2.31. The van der Waals surface area contributed by atoms with Gasteiger partial charge in [-0.25, -0.2) is 0 Å². The summed E-state index contributed by atoms with van der Waals surface area (Å²) in [6.07, 6.45) is 3.78. The number of hydrogen-bond donors (Lipinski definition) is 0. The van der Waals surface area contributed by atoms with Crippen LogP contribution in [0.1, 0.15) is 59.5 Å². The van der Waals surface area contributed by atoms with E-state index in [4.69, 9.17) is 25.5 Å². The molecule has 0 bridgehead atoms. The molecule has 196 valence electrons. The Morgan fingerprint density at radius 3 is 2.55 bits per heavy atom. The van der Waals surface area contributed by atoms with E-state index in [0.29, 0.717) is 46.9 Å². The first-order chi connectivity index (χ1) is 18.5. The van der Waals surface area contributed by atoms with Crippen LogP contribution in [0, 0.1) is 0 Å². The first-order valence-corrected chi connectivity index (χ1v) is 13.3. The standard InChI is InChI=1S/C31H30ClNO5/c1-3-4-5-17-37-24-8-6-7-21(18-24)28-27-29(34)25-19-22(32)11-14-26(25)38-30(27)31(35)33(28)16-15-20-9-12-23(36-2)13-10-20/h6-14,18-19,28H,3-5,15-17H2,1-2H3. The molecule has 3 aromatic carbocycles. The van der Waals surface area contributed by atoms with Crippen molar-refractivity contribution >= 4 is 28.5 Å². The lowest BCUT2D eigenvalue weighted by molar-refractivity contribution is 0.0729. The summed E-state index contributed by atoms with van der Waals surface area (Å²) in [5.41, 5.74) is 2.28. The molecule has 1 aliphatic heterocycles. The van der Waals surface area contributed by atoms with Gasteiger partial charge in [0, 0.05) is 11.6 Å². The molecule has 1 unspecified atom stereocenters. The Labute approximate surface area is 226 Å². The minimum absolute atomic E-state index is 0.0822. The smallest absolute Gasteiger partial charge is 0.290 e. The predicted molar refractivity (Wildman–Crippen MR) is 149 cm³/mol. The van der Waals surface area contributed by atoms with Crippen LogP contribution in [0.3, 0.4) is 0 Å². The Bertz CT molecular complexity index is 1510. The number of rotatable bonds is 10. The summed E-state index contributed by atoms with van der Waals surface area (Å²) in [6, 6.07) is 19.7. The Kier molecular flexibility index (Phi) is 7.70. The lowest BCUT2D eigenvalue weighted by Gasteiger charge is -2.25. The Balaban J connectivity index is 1.54. The molecule has 1 atom stereocenters. The number of hydrogen-bond acceptors (Lipinski definition) is 5. The number of carbonyl (C=O) groups is 1. The van der Waals surface area contributed by atoms with Gasteiger partial charge in [-0.3, -0.25) is 9.59 Å². The zero-order chi connectivity index (χ0) is 26.6. The van der Waals surface area contributed by atoms with Crippen LogP contribution in [0.15, 0.2) is 75.9 Å². The van der Waals surface area contributed by atoms with Crippen molar-refractivity contribution < 1.29 is 18.7 Å².